The fourth-order valence-corrected chi connectivity index (χ4v) is 3.22. The molecule has 140 valence electrons. The van der Waals surface area contributed by atoms with Gasteiger partial charge in [0.25, 0.3) is 0 Å². The number of rotatable bonds is 7. The molecule has 7 heteroatoms. The van der Waals surface area contributed by atoms with Gasteiger partial charge in [0.2, 0.25) is 5.75 Å². The molecular formula is C18H26O7. The van der Waals surface area contributed by atoms with Crippen molar-refractivity contribution in [2.24, 2.45) is 0 Å². The first-order valence-electron chi connectivity index (χ1n) is 8.15. The van der Waals surface area contributed by atoms with Crippen molar-refractivity contribution in [3.8, 4) is 17.2 Å². The molecule has 7 nitrogen and oxygen atoms in total. The van der Waals surface area contributed by atoms with Gasteiger partial charge in [-0.3, -0.25) is 4.79 Å². The molecule has 0 saturated heterocycles. The highest BCUT2D eigenvalue weighted by Crippen LogP contribution is 2.47. The summed E-state index contributed by atoms with van der Waals surface area (Å²) in [7, 11) is 6.31. The Hall–Kier alpha value is -1.99. The molecule has 2 rings (SSSR count). The van der Waals surface area contributed by atoms with Crippen molar-refractivity contribution in [1.29, 1.82) is 0 Å². The summed E-state index contributed by atoms with van der Waals surface area (Å²) in [4.78, 5) is 11.4. The maximum atomic E-state index is 11.4. The van der Waals surface area contributed by atoms with E-state index in [0.717, 1.165) is 11.1 Å². The Morgan fingerprint density at radius 3 is 2.40 bits per heavy atom. The van der Waals surface area contributed by atoms with E-state index in [1.807, 2.05) is 6.07 Å². The summed E-state index contributed by atoms with van der Waals surface area (Å²) in [6.45, 7) is 1.54. The van der Waals surface area contributed by atoms with Crippen LogP contribution in [0.1, 0.15) is 37.0 Å². The third-order valence-electron chi connectivity index (χ3n) is 4.23. The first kappa shape index (κ1) is 19.3. The average molecular weight is 354 g/mol. The Morgan fingerprint density at radius 2 is 1.84 bits per heavy atom. The molecule has 1 aromatic carbocycles. The molecule has 0 fully saturated rings. The third-order valence-corrected chi connectivity index (χ3v) is 4.23. The van der Waals surface area contributed by atoms with Crippen molar-refractivity contribution in [1.82, 2.24) is 0 Å². The Balaban J connectivity index is 2.50. The highest BCUT2D eigenvalue weighted by atomic mass is 16.7. The number of benzene rings is 1. The molecule has 1 aliphatic carbocycles. The fourth-order valence-electron chi connectivity index (χ4n) is 3.22. The number of fused-ring (bicyclic) bond motifs is 1. The molecule has 0 heterocycles. The standard InChI is InChI=1S/C18H26O7/c1-11(19)25-12-6-7-13-14(15(8-12)24-10-20-2)9-16(21-3)18(23-5)17(13)22-4/h9,12,15H,6-8,10H2,1-5H3. The van der Waals surface area contributed by atoms with Crippen LogP contribution >= 0.6 is 0 Å². The lowest BCUT2D eigenvalue weighted by Crippen LogP contribution is -2.19. The second-order valence-corrected chi connectivity index (χ2v) is 5.78. The van der Waals surface area contributed by atoms with E-state index in [9.17, 15) is 4.79 Å². The van der Waals surface area contributed by atoms with Gasteiger partial charge in [-0.15, -0.1) is 0 Å². The summed E-state index contributed by atoms with van der Waals surface area (Å²) in [6, 6.07) is 1.90. The third kappa shape index (κ3) is 4.35. The molecule has 0 bridgehead atoms. The Bertz CT molecular complexity index is 600. The van der Waals surface area contributed by atoms with Crippen LogP contribution in [0.2, 0.25) is 0 Å². The van der Waals surface area contributed by atoms with Gasteiger partial charge in [-0.1, -0.05) is 0 Å². The van der Waals surface area contributed by atoms with Gasteiger partial charge < -0.3 is 28.4 Å². The summed E-state index contributed by atoms with van der Waals surface area (Å²) < 4.78 is 32.9. The molecule has 1 aliphatic rings. The van der Waals surface area contributed by atoms with Gasteiger partial charge in [0, 0.05) is 26.0 Å². The van der Waals surface area contributed by atoms with E-state index in [-0.39, 0.29) is 25.0 Å². The minimum absolute atomic E-state index is 0.132. The minimum atomic E-state index is -0.310. The van der Waals surface area contributed by atoms with Crippen LogP contribution in [0.5, 0.6) is 17.2 Å². The average Bonchev–Trinajstić information content (AvgIpc) is 2.76. The lowest BCUT2D eigenvalue weighted by molar-refractivity contribution is -0.150. The summed E-state index contributed by atoms with van der Waals surface area (Å²) in [5, 5.41) is 0. The van der Waals surface area contributed by atoms with Gasteiger partial charge in [-0.05, 0) is 24.5 Å². The number of esters is 1. The summed E-state index contributed by atoms with van der Waals surface area (Å²) in [5.41, 5.74) is 1.90. The number of methoxy groups -OCH3 is 4. The first-order chi connectivity index (χ1) is 12.0. The number of carbonyl (C=O) groups excluding carboxylic acids is 1. The van der Waals surface area contributed by atoms with Crippen LogP contribution in [-0.4, -0.2) is 47.3 Å². The van der Waals surface area contributed by atoms with E-state index in [2.05, 4.69) is 0 Å². The van der Waals surface area contributed by atoms with Crippen LogP contribution < -0.4 is 14.2 Å². The molecule has 2 unspecified atom stereocenters. The first-order valence-corrected chi connectivity index (χ1v) is 8.15. The van der Waals surface area contributed by atoms with E-state index in [4.69, 9.17) is 28.4 Å². The van der Waals surface area contributed by atoms with E-state index >= 15 is 0 Å². The molecule has 0 aliphatic heterocycles. The van der Waals surface area contributed by atoms with Gasteiger partial charge in [-0.25, -0.2) is 0 Å². The molecule has 0 N–H and O–H groups in total. The van der Waals surface area contributed by atoms with Crippen LogP contribution in [0.25, 0.3) is 0 Å². The molecular weight excluding hydrogens is 328 g/mol. The molecule has 0 saturated carbocycles. The monoisotopic (exact) mass is 354 g/mol. The maximum Gasteiger partial charge on any atom is 0.302 e. The van der Waals surface area contributed by atoms with Crippen molar-refractivity contribution < 1.29 is 33.2 Å². The molecule has 0 amide bonds. The van der Waals surface area contributed by atoms with Gasteiger partial charge in [0.15, 0.2) is 11.5 Å². The zero-order chi connectivity index (χ0) is 18.4. The second-order valence-electron chi connectivity index (χ2n) is 5.78. The maximum absolute atomic E-state index is 11.4. The zero-order valence-corrected chi connectivity index (χ0v) is 15.4. The molecule has 25 heavy (non-hydrogen) atoms. The molecule has 2 atom stereocenters. The number of carbonyl (C=O) groups is 1. The molecule has 0 spiro atoms. The summed E-state index contributed by atoms with van der Waals surface area (Å²) in [6.07, 6.45) is 1.33. The van der Waals surface area contributed by atoms with Crippen molar-refractivity contribution >= 4 is 5.97 Å². The van der Waals surface area contributed by atoms with Crippen LogP contribution in [0.15, 0.2) is 6.07 Å². The highest BCUT2D eigenvalue weighted by Gasteiger charge is 2.32. The Kier molecular flexibility index (Phi) is 6.90. The lowest BCUT2D eigenvalue weighted by atomic mass is 9.98. The largest absolute Gasteiger partial charge is 0.493 e. The van der Waals surface area contributed by atoms with E-state index in [1.54, 1.807) is 28.4 Å². The smallest absolute Gasteiger partial charge is 0.302 e. The highest BCUT2D eigenvalue weighted by molar-refractivity contribution is 5.66. The summed E-state index contributed by atoms with van der Waals surface area (Å²) in [5.74, 6) is 1.42. The molecule has 0 radical (unpaired) electrons. The van der Waals surface area contributed by atoms with Gasteiger partial charge in [0.05, 0.1) is 27.4 Å². The van der Waals surface area contributed by atoms with Gasteiger partial charge >= 0.3 is 5.97 Å². The Morgan fingerprint density at radius 1 is 1.12 bits per heavy atom. The molecule has 1 aromatic rings. The Labute approximate surface area is 148 Å². The predicted molar refractivity (Wildman–Crippen MR) is 90.3 cm³/mol. The van der Waals surface area contributed by atoms with Gasteiger partial charge in [0.1, 0.15) is 12.9 Å². The fraction of sp³-hybridized carbons (Fsp3) is 0.611. The van der Waals surface area contributed by atoms with Gasteiger partial charge in [-0.2, -0.15) is 0 Å². The van der Waals surface area contributed by atoms with Crippen LogP contribution in [0.4, 0.5) is 0 Å². The predicted octanol–water partition coefficient (Wildman–Crippen LogP) is 2.64. The van der Waals surface area contributed by atoms with Crippen molar-refractivity contribution in [3.63, 3.8) is 0 Å². The van der Waals surface area contributed by atoms with Crippen LogP contribution in [0.3, 0.4) is 0 Å². The topological polar surface area (TPSA) is 72.5 Å². The number of hydrogen-bond donors (Lipinski definition) is 0. The van der Waals surface area contributed by atoms with Crippen molar-refractivity contribution in [2.45, 2.75) is 38.4 Å². The number of hydrogen-bond acceptors (Lipinski definition) is 7. The van der Waals surface area contributed by atoms with Crippen molar-refractivity contribution in [2.75, 3.05) is 35.2 Å². The minimum Gasteiger partial charge on any atom is -0.493 e. The van der Waals surface area contributed by atoms with E-state index in [0.29, 0.717) is 36.5 Å². The van der Waals surface area contributed by atoms with Crippen LogP contribution in [0, 0.1) is 0 Å². The quantitative estimate of drug-likeness (QED) is 0.423. The zero-order valence-electron chi connectivity index (χ0n) is 15.4. The SMILES string of the molecule is COCOC1CC(OC(C)=O)CCc2c1cc(OC)c(OC)c2OC. The summed E-state index contributed by atoms with van der Waals surface area (Å²) >= 11 is 0. The molecule has 0 aromatic heterocycles. The van der Waals surface area contributed by atoms with E-state index in [1.165, 1.54) is 6.92 Å². The van der Waals surface area contributed by atoms with E-state index < -0.39 is 0 Å². The van der Waals surface area contributed by atoms with Crippen LogP contribution in [-0.2, 0) is 25.4 Å². The second kappa shape index (κ2) is 8.92. The lowest BCUT2D eigenvalue weighted by Gasteiger charge is -2.23. The number of ether oxygens (including phenoxy) is 6. The normalized spacial score (nSPS) is 19.6. The van der Waals surface area contributed by atoms with Crippen molar-refractivity contribution in [3.05, 3.63) is 17.2 Å².